The molecular weight excluding hydrogens is 285 g/mol. The molecule has 1 aromatic rings. The summed E-state index contributed by atoms with van der Waals surface area (Å²) >= 11 is 11.7. The van der Waals surface area contributed by atoms with E-state index in [2.05, 4.69) is 11.2 Å². The van der Waals surface area contributed by atoms with Crippen LogP contribution >= 0.6 is 23.2 Å². The topological polar surface area (TPSA) is 41.5 Å². The molecular formula is C14H17Cl2NO2. The Kier molecular flexibility index (Phi) is 7.04. The Morgan fingerprint density at radius 3 is 2.79 bits per heavy atom. The van der Waals surface area contributed by atoms with Crippen molar-refractivity contribution in [2.75, 3.05) is 13.2 Å². The van der Waals surface area contributed by atoms with Crippen LogP contribution in [0.1, 0.15) is 13.3 Å². The van der Waals surface area contributed by atoms with E-state index in [1.54, 1.807) is 18.2 Å². The van der Waals surface area contributed by atoms with Crippen LogP contribution in [-0.2, 0) is 0 Å². The van der Waals surface area contributed by atoms with Crippen LogP contribution in [0, 0.1) is 12.3 Å². The van der Waals surface area contributed by atoms with Crippen LogP contribution in [0.25, 0.3) is 0 Å². The van der Waals surface area contributed by atoms with E-state index in [9.17, 15) is 5.11 Å². The second-order valence-electron chi connectivity index (χ2n) is 4.08. The van der Waals surface area contributed by atoms with Crippen molar-refractivity contribution in [2.24, 2.45) is 0 Å². The number of benzene rings is 1. The number of halogens is 2. The maximum Gasteiger partial charge on any atom is 0.138 e. The Balaban J connectivity index is 2.38. The molecule has 0 aliphatic carbocycles. The Bertz CT molecular complexity index is 446. The van der Waals surface area contributed by atoms with Gasteiger partial charge < -0.3 is 15.2 Å². The molecule has 19 heavy (non-hydrogen) atoms. The van der Waals surface area contributed by atoms with Gasteiger partial charge in [-0.25, -0.2) is 0 Å². The van der Waals surface area contributed by atoms with Crippen LogP contribution < -0.4 is 10.1 Å². The van der Waals surface area contributed by atoms with Crippen LogP contribution in [-0.4, -0.2) is 30.4 Å². The van der Waals surface area contributed by atoms with Crippen molar-refractivity contribution < 1.29 is 9.84 Å². The molecule has 104 valence electrons. The Hall–Kier alpha value is -0.920. The van der Waals surface area contributed by atoms with Gasteiger partial charge in [0, 0.05) is 11.6 Å². The molecule has 2 unspecified atom stereocenters. The van der Waals surface area contributed by atoms with E-state index in [0.29, 0.717) is 22.3 Å². The molecule has 0 bridgehead atoms. The van der Waals surface area contributed by atoms with E-state index in [1.165, 1.54) is 0 Å². The summed E-state index contributed by atoms with van der Waals surface area (Å²) in [6, 6.07) is 4.91. The maximum atomic E-state index is 9.77. The molecule has 0 saturated carbocycles. The molecule has 0 spiro atoms. The lowest BCUT2D eigenvalue weighted by Crippen LogP contribution is -2.37. The van der Waals surface area contributed by atoms with Gasteiger partial charge in [0.2, 0.25) is 0 Å². The van der Waals surface area contributed by atoms with Crippen molar-refractivity contribution in [3.63, 3.8) is 0 Å². The fraction of sp³-hybridized carbons (Fsp3) is 0.429. The molecule has 0 amide bonds. The zero-order valence-electron chi connectivity index (χ0n) is 10.7. The van der Waals surface area contributed by atoms with Gasteiger partial charge >= 0.3 is 0 Å². The molecule has 0 fully saturated rings. The van der Waals surface area contributed by atoms with Gasteiger partial charge in [-0.2, -0.15) is 0 Å². The largest absolute Gasteiger partial charge is 0.489 e. The average Bonchev–Trinajstić information content (AvgIpc) is 2.39. The quantitative estimate of drug-likeness (QED) is 0.761. The third kappa shape index (κ3) is 5.71. The number of terminal acetylenes is 1. The van der Waals surface area contributed by atoms with Gasteiger partial charge in [0.05, 0.1) is 11.1 Å². The predicted octanol–water partition coefficient (Wildman–Crippen LogP) is 2.73. The summed E-state index contributed by atoms with van der Waals surface area (Å²) in [5.41, 5.74) is 0. The van der Waals surface area contributed by atoms with Crippen molar-refractivity contribution in [1.82, 2.24) is 5.32 Å². The summed E-state index contributed by atoms with van der Waals surface area (Å²) in [5.74, 6) is 3.09. The molecule has 2 atom stereocenters. The van der Waals surface area contributed by atoms with E-state index in [-0.39, 0.29) is 12.6 Å². The molecule has 1 rings (SSSR count). The van der Waals surface area contributed by atoms with Gasteiger partial charge in [-0.1, -0.05) is 36.0 Å². The number of ether oxygens (including phenoxy) is 1. The van der Waals surface area contributed by atoms with Crippen LogP contribution in [0.4, 0.5) is 0 Å². The first-order valence-electron chi connectivity index (χ1n) is 6.02. The molecule has 0 aromatic heterocycles. The standard InChI is InChI=1S/C14H17Cl2NO2/c1-3-11(4-2)17-8-12(18)9-19-14-6-5-10(15)7-13(14)16/h1,5-7,11-12,17-18H,4,8-9H2,2H3. The van der Waals surface area contributed by atoms with Crippen molar-refractivity contribution in [2.45, 2.75) is 25.5 Å². The Morgan fingerprint density at radius 1 is 1.47 bits per heavy atom. The van der Waals surface area contributed by atoms with Gasteiger partial charge in [-0.15, -0.1) is 6.42 Å². The number of nitrogens with one attached hydrogen (secondary N) is 1. The smallest absolute Gasteiger partial charge is 0.138 e. The number of aliphatic hydroxyl groups is 1. The SMILES string of the molecule is C#CC(CC)NCC(O)COc1ccc(Cl)cc1Cl. The third-order valence-corrected chi connectivity index (χ3v) is 3.06. The zero-order valence-corrected chi connectivity index (χ0v) is 12.2. The van der Waals surface area contributed by atoms with Gasteiger partial charge in [0.25, 0.3) is 0 Å². The van der Waals surface area contributed by atoms with Crippen LogP contribution in [0.15, 0.2) is 18.2 Å². The molecule has 0 radical (unpaired) electrons. The highest BCUT2D eigenvalue weighted by molar-refractivity contribution is 6.35. The average molecular weight is 302 g/mol. The highest BCUT2D eigenvalue weighted by Crippen LogP contribution is 2.27. The summed E-state index contributed by atoms with van der Waals surface area (Å²) in [7, 11) is 0. The second-order valence-corrected chi connectivity index (χ2v) is 4.92. The molecule has 0 saturated heterocycles. The molecule has 0 heterocycles. The highest BCUT2D eigenvalue weighted by Gasteiger charge is 2.09. The normalized spacial score (nSPS) is 13.6. The zero-order chi connectivity index (χ0) is 14.3. The monoisotopic (exact) mass is 301 g/mol. The summed E-state index contributed by atoms with van der Waals surface area (Å²) in [4.78, 5) is 0. The summed E-state index contributed by atoms with van der Waals surface area (Å²) in [6.45, 7) is 2.48. The Morgan fingerprint density at radius 2 is 2.21 bits per heavy atom. The fourth-order valence-electron chi connectivity index (χ4n) is 1.44. The molecule has 5 heteroatoms. The first kappa shape index (κ1) is 16.1. The first-order chi connectivity index (χ1) is 9.06. The molecule has 1 aromatic carbocycles. The summed E-state index contributed by atoms with van der Waals surface area (Å²) in [6.07, 6.45) is 5.47. The van der Waals surface area contributed by atoms with E-state index >= 15 is 0 Å². The first-order valence-corrected chi connectivity index (χ1v) is 6.77. The Labute approximate surface area is 123 Å². The number of hydrogen-bond acceptors (Lipinski definition) is 3. The maximum absolute atomic E-state index is 9.77. The van der Waals surface area contributed by atoms with E-state index in [0.717, 1.165) is 6.42 Å². The van der Waals surface area contributed by atoms with Crippen molar-refractivity contribution in [3.8, 4) is 18.1 Å². The van der Waals surface area contributed by atoms with Gasteiger partial charge in [-0.3, -0.25) is 0 Å². The van der Waals surface area contributed by atoms with E-state index in [4.69, 9.17) is 34.4 Å². The van der Waals surface area contributed by atoms with Crippen LogP contribution in [0.3, 0.4) is 0 Å². The lowest BCUT2D eigenvalue weighted by atomic mass is 10.2. The minimum absolute atomic E-state index is 0.0335. The molecule has 0 aliphatic heterocycles. The summed E-state index contributed by atoms with van der Waals surface area (Å²) in [5, 5.41) is 13.8. The van der Waals surface area contributed by atoms with Crippen molar-refractivity contribution in [1.29, 1.82) is 0 Å². The highest BCUT2D eigenvalue weighted by atomic mass is 35.5. The lowest BCUT2D eigenvalue weighted by molar-refractivity contribution is 0.105. The minimum Gasteiger partial charge on any atom is -0.489 e. The van der Waals surface area contributed by atoms with E-state index < -0.39 is 6.10 Å². The second kappa shape index (κ2) is 8.29. The lowest BCUT2D eigenvalue weighted by Gasteiger charge is -2.16. The van der Waals surface area contributed by atoms with Crippen molar-refractivity contribution in [3.05, 3.63) is 28.2 Å². The predicted molar refractivity (Wildman–Crippen MR) is 78.9 cm³/mol. The minimum atomic E-state index is -0.658. The number of rotatable bonds is 7. The third-order valence-electron chi connectivity index (χ3n) is 2.53. The van der Waals surface area contributed by atoms with Gasteiger partial charge in [-0.05, 0) is 24.6 Å². The molecule has 3 nitrogen and oxygen atoms in total. The van der Waals surface area contributed by atoms with Crippen LogP contribution in [0.5, 0.6) is 5.75 Å². The van der Waals surface area contributed by atoms with E-state index in [1.807, 2.05) is 6.92 Å². The van der Waals surface area contributed by atoms with Gasteiger partial charge in [0.15, 0.2) is 0 Å². The molecule has 0 aliphatic rings. The van der Waals surface area contributed by atoms with Gasteiger partial charge in [0.1, 0.15) is 18.5 Å². The molecule has 2 N–H and O–H groups in total. The van der Waals surface area contributed by atoms with Crippen molar-refractivity contribution >= 4 is 23.2 Å². The fourth-order valence-corrected chi connectivity index (χ4v) is 1.90. The number of hydrogen-bond donors (Lipinski definition) is 2. The summed E-state index contributed by atoms with van der Waals surface area (Å²) < 4.78 is 5.42. The number of aliphatic hydroxyl groups excluding tert-OH is 1. The van der Waals surface area contributed by atoms with Crippen LogP contribution in [0.2, 0.25) is 10.0 Å².